The van der Waals surface area contributed by atoms with Crippen LogP contribution in [0.5, 0.6) is 0 Å². The van der Waals surface area contributed by atoms with Crippen LogP contribution in [0.15, 0.2) is 0 Å². The summed E-state index contributed by atoms with van der Waals surface area (Å²) < 4.78 is 0. The third-order valence-electron chi connectivity index (χ3n) is 3.52. The zero-order chi connectivity index (χ0) is 9.68. The second kappa shape index (κ2) is 5.64. The van der Waals surface area contributed by atoms with Crippen LogP contribution in [0, 0.1) is 17.8 Å². The average molecular weight is 183 g/mol. The average Bonchev–Trinajstić information content (AvgIpc) is 2.56. The Morgan fingerprint density at radius 2 is 1.85 bits per heavy atom. The van der Waals surface area contributed by atoms with Gasteiger partial charge < -0.3 is 5.32 Å². The van der Waals surface area contributed by atoms with E-state index in [9.17, 15) is 0 Å². The molecule has 0 aromatic heterocycles. The number of nitrogens with one attached hydrogen (secondary N) is 1. The molecule has 1 N–H and O–H groups in total. The molecule has 1 fully saturated rings. The van der Waals surface area contributed by atoms with Crippen molar-refractivity contribution >= 4 is 0 Å². The Labute approximate surface area is 83.3 Å². The molecule has 0 amide bonds. The van der Waals surface area contributed by atoms with E-state index < -0.39 is 0 Å². The molecule has 78 valence electrons. The van der Waals surface area contributed by atoms with Gasteiger partial charge in [0, 0.05) is 0 Å². The van der Waals surface area contributed by atoms with E-state index in [1.165, 1.54) is 38.6 Å². The molecule has 0 aliphatic heterocycles. The van der Waals surface area contributed by atoms with Gasteiger partial charge in [-0.05, 0) is 37.8 Å². The molecule has 0 radical (unpaired) electrons. The van der Waals surface area contributed by atoms with Crippen LogP contribution in [-0.2, 0) is 0 Å². The van der Waals surface area contributed by atoms with Gasteiger partial charge in [0.25, 0.3) is 0 Å². The number of rotatable bonds is 5. The molecule has 1 saturated carbocycles. The molecule has 1 heteroatoms. The van der Waals surface area contributed by atoms with Crippen molar-refractivity contribution in [3.05, 3.63) is 0 Å². The smallest absolute Gasteiger partial charge is 0.00210 e. The van der Waals surface area contributed by atoms with Crippen LogP contribution in [0.3, 0.4) is 0 Å². The second-order valence-corrected chi connectivity index (χ2v) is 4.95. The maximum absolute atomic E-state index is 3.32. The quantitative estimate of drug-likeness (QED) is 0.691. The van der Waals surface area contributed by atoms with Gasteiger partial charge in [-0.2, -0.15) is 0 Å². The predicted octanol–water partition coefficient (Wildman–Crippen LogP) is 3.06. The molecule has 0 saturated heterocycles. The van der Waals surface area contributed by atoms with Crippen LogP contribution in [0.2, 0.25) is 0 Å². The first-order valence-corrected chi connectivity index (χ1v) is 5.88. The first-order valence-electron chi connectivity index (χ1n) is 5.88. The lowest BCUT2D eigenvalue weighted by Crippen LogP contribution is -2.25. The topological polar surface area (TPSA) is 12.0 Å². The van der Waals surface area contributed by atoms with Gasteiger partial charge in [0.2, 0.25) is 0 Å². The molecule has 0 aromatic carbocycles. The molecule has 1 aliphatic carbocycles. The standard InChI is InChI=1S/C12H25N/c1-10(2)12(9-13-3)8-11-6-4-5-7-11/h10-13H,4-9H2,1-3H3. The summed E-state index contributed by atoms with van der Waals surface area (Å²) in [7, 11) is 2.07. The molecular formula is C12H25N. The summed E-state index contributed by atoms with van der Waals surface area (Å²) in [6.45, 7) is 5.92. The van der Waals surface area contributed by atoms with Crippen molar-refractivity contribution in [2.45, 2.75) is 46.0 Å². The highest BCUT2D eigenvalue weighted by atomic mass is 14.8. The van der Waals surface area contributed by atoms with Gasteiger partial charge in [-0.1, -0.05) is 39.5 Å². The van der Waals surface area contributed by atoms with E-state index in [4.69, 9.17) is 0 Å². The van der Waals surface area contributed by atoms with E-state index in [0.29, 0.717) is 0 Å². The highest BCUT2D eigenvalue weighted by Gasteiger charge is 2.21. The highest BCUT2D eigenvalue weighted by Crippen LogP contribution is 2.32. The van der Waals surface area contributed by atoms with E-state index >= 15 is 0 Å². The summed E-state index contributed by atoms with van der Waals surface area (Å²) in [5.41, 5.74) is 0. The normalized spacial score (nSPS) is 21.2. The zero-order valence-electron chi connectivity index (χ0n) is 9.47. The third-order valence-corrected chi connectivity index (χ3v) is 3.52. The van der Waals surface area contributed by atoms with Crippen LogP contribution in [0.1, 0.15) is 46.0 Å². The van der Waals surface area contributed by atoms with Crippen LogP contribution in [-0.4, -0.2) is 13.6 Å². The number of hydrogen-bond acceptors (Lipinski definition) is 1. The van der Waals surface area contributed by atoms with E-state index in [0.717, 1.165) is 17.8 Å². The Morgan fingerprint density at radius 3 is 2.31 bits per heavy atom. The molecule has 0 spiro atoms. The second-order valence-electron chi connectivity index (χ2n) is 4.95. The van der Waals surface area contributed by atoms with E-state index in [1.807, 2.05) is 0 Å². The molecule has 0 aromatic rings. The molecule has 0 bridgehead atoms. The molecule has 0 heterocycles. The molecule has 1 aliphatic rings. The van der Waals surface area contributed by atoms with Crippen LogP contribution < -0.4 is 5.32 Å². The van der Waals surface area contributed by atoms with E-state index in [2.05, 4.69) is 26.2 Å². The first-order chi connectivity index (χ1) is 6.24. The minimum absolute atomic E-state index is 0.841. The van der Waals surface area contributed by atoms with Crippen molar-refractivity contribution in [2.75, 3.05) is 13.6 Å². The zero-order valence-corrected chi connectivity index (χ0v) is 9.47. The van der Waals surface area contributed by atoms with Gasteiger partial charge in [-0.3, -0.25) is 0 Å². The van der Waals surface area contributed by atoms with Gasteiger partial charge in [0.1, 0.15) is 0 Å². The Balaban J connectivity index is 2.27. The van der Waals surface area contributed by atoms with Crippen molar-refractivity contribution in [1.29, 1.82) is 0 Å². The Morgan fingerprint density at radius 1 is 1.23 bits per heavy atom. The van der Waals surface area contributed by atoms with Crippen molar-refractivity contribution in [3.8, 4) is 0 Å². The van der Waals surface area contributed by atoms with Crippen molar-refractivity contribution in [2.24, 2.45) is 17.8 Å². The maximum Gasteiger partial charge on any atom is -0.00210 e. The van der Waals surface area contributed by atoms with Gasteiger partial charge in [-0.15, -0.1) is 0 Å². The maximum atomic E-state index is 3.32. The van der Waals surface area contributed by atoms with Gasteiger partial charge in [0.05, 0.1) is 0 Å². The summed E-state index contributed by atoms with van der Waals surface area (Å²) in [6, 6.07) is 0. The largest absolute Gasteiger partial charge is 0.319 e. The lowest BCUT2D eigenvalue weighted by atomic mass is 9.85. The molecule has 1 unspecified atom stereocenters. The van der Waals surface area contributed by atoms with E-state index in [-0.39, 0.29) is 0 Å². The number of hydrogen-bond donors (Lipinski definition) is 1. The molecule has 1 nitrogen and oxygen atoms in total. The monoisotopic (exact) mass is 183 g/mol. The SMILES string of the molecule is CNCC(CC1CCCC1)C(C)C. The fourth-order valence-electron chi connectivity index (χ4n) is 2.53. The minimum Gasteiger partial charge on any atom is -0.319 e. The van der Waals surface area contributed by atoms with Crippen LogP contribution in [0.25, 0.3) is 0 Å². The first kappa shape index (κ1) is 11.0. The van der Waals surface area contributed by atoms with Crippen LogP contribution in [0.4, 0.5) is 0 Å². The third kappa shape index (κ3) is 3.68. The van der Waals surface area contributed by atoms with Crippen molar-refractivity contribution < 1.29 is 0 Å². The molecule has 1 rings (SSSR count). The summed E-state index contributed by atoms with van der Waals surface area (Å²) in [4.78, 5) is 0. The Bertz CT molecular complexity index is 125. The molecule has 13 heavy (non-hydrogen) atoms. The lowest BCUT2D eigenvalue weighted by molar-refractivity contribution is 0.292. The van der Waals surface area contributed by atoms with Crippen molar-refractivity contribution in [1.82, 2.24) is 5.32 Å². The lowest BCUT2D eigenvalue weighted by Gasteiger charge is -2.23. The summed E-state index contributed by atoms with van der Waals surface area (Å²) in [6.07, 6.45) is 7.41. The fourth-order valence-corrected chi connectivity index (χ4v) is 2.53. The van der Waals surface area contributed by atoms with Crippen LogP contribution >= 0.6 is 0 Å². The minimum atomic E-state index is 0.841. The Hall–Kier alpha value is -0.0400. The van der Waals surface area contributed by atoms with E-state index in [1.54, 1.807) is 0 Å². The predicted molar refractivity (Wildman–Crippen MR) is 58.8 cm³/mol. The Kier molecular flexibility index (Phi) is 4.79. The summed E-state index contributed by atoms with van der Waals surface area (Å²) >= 11 is 0. The summed E-state index contributed by atoms with van der Waals surface area (Å²) in [5, 5.41) is 3.32. The van der Waals surface area contributed by atoms with Gasteiger partial charge in [0.15, 0.2) is 0 Å². The summed E-state index contributed by atoms with van der Waals surface area (Å²) in [5.74, 6) is 2.78. The van der Waals surface area contributed by atoms with Crippen molar-refractivity contribution in [3.63, 3.8) is 0 Å². The molecule has 1 atom stereocenters. The van der Waals surface area contributed by atoms with Gasteiger partial charge in [-0.25, -0.2) is 0 Å². The fraction of sp³-hybridized carbons (Fsp3) is 1.00. The van der Waals surface area contributed by atoms with Gasteiger partial charge >= 0.3 is 0 Å². The highest BCUT2D eigenvalue weighted by molar-refractivity contribution is 4.74. The molecular weight excluding hydrogens is 158 g/mol.